The van der Waals surface area contributed by atoms with E-state index in [4.69, 9.17) is 18.9 Å². The van der Waals surface area contributed by atoms with E-state index in [0.717, 1.165) is 25.7 Å². The van der Waals surface area contributed by atoms with Gasteiger partial charge in [0.25, 0.3) is 0 Å². The monoisotopic (exact) mass is 1230 g/mol. The average Bonchev–Trinajstić information content (AvgIpc) is 3.88. The number of thiophene rings is 2. The van der Waals surface area contributed by atoms with E-state index in [1.54, 1.807) is 0 Å². The molecule has 8 aromatic rings. The molecule has 8 aliphatic rings. The molecule has 8 bridgehead atoms. The van der Waals surface area contributed by atoms with E-state index in [2.05, 4.69) is 158 Å². The zero-order valence-corrected chi connectivity index (χ0v) is 50.4. The summed E-state index contributed by atoms with van der Waals surface area (Å²) in [6.07, 6.45) is 3.60. The normalized spacial score (nSPS) is 24.9. The van der Waals surface area contributed by atoms with Gasteiger partial charge in [-0.05, 0) is 136 Å². The third-order valence-corrected chi connectivity index (χ3v) is 21.6. The topological polar surface area (TPSA) is 220 Å². The third kappa shape index (κ3) is 13.2. The van der Waals surface area contributed by atoms with E-state index in [-0.39, 0.29) is 103 Å². The van der Waals surface area contributed by atoms with Gasteiger partial charge in [-0.15, -0.1) is 0 Å². The summed E-state index contributed by atoms with van der Waals surface area (Å²) < 4.78 is 90.2. The summed E-state index contributed by atoms with van der Waals surface area (Å²) in [6, 6.07) is 56.8. The van der Waals surface area contributed by atoms with E-state index in [1.807, 2.05) is 0 Å². The minimum absolute atomic E-state index is 0. The van der Waals surface area contributed by atoms with Crippen LogP contribution in [0, 0.1) is 35.5 Å². The van der Waals surface area contributed by atoms with Crippen molar-refractivity contribution in [1.29, 1.82) is 0 Å². The quantitative estimate of drug-likeness (QED) is 0.0637. The molecule has 4 saturated heterocycles. The number of rotatable bonds is 8. The van der Waals surface area contributed by atoms with Gasteiger partial charge in [0.2, 0.25) is 0 Å². The molecule has 0 N–H and O–H groups in total. The van der Waals surface area contributed by atoms with Crippen molar-refractivity contribution in [2.24, 2.45) is 35.5 Å². The van der Waals surface area contributed by atoms with Gasteiger partial charge in [0.05, 0.1) is 11.8 Å². The number of carbonyl (C=O) groups is 4. The number of ether oxygens (including phenoxy) is 4. The molecule has 0 amide bonds. The molecule has 80 heavy (non-hydrogen) atoms. The molecule has 6 aromatic carbocycles. The number of carbonyl (C=O) groups excluding carboxylic acids is 4. The molecule has 0 spiro atoms. The third-order valence-electron chi connectivity index (χ3n) is 15.8. The predicted molar refractivity (Wildman–Crippen MR) is 297 cm³/mol. The number of hydrogen-bond acceptors (Lipinski definition) is 14. The summed E-state index contributed by atoms with van der Waals surface area (Å²) in [6.45, 7) is 0. The first-order chi connectivity index (χ1) is 37.5. The molecule has 20 heteroatoms. The second-order valence-electron chi connectivity index (χ2n) is 21.0. The van der Waals surface area contributed by atoms with Gasteiger partial charge in [-0.2, -0.15) is 0 Å². The molecule has 4 saturated carbocycles. The van der Waals surface area contributed by atoms with Crippen LogP contribution in [0.15, 0.2) is 158 Å². The van der Waals surface area contributed by atoms with Crippen LogP contribution >= 0.6 is 20.9 Å². The van der Waals surface area contributed by atoms with Gasteiger partial charge in [0.15, 0.2) is 28.6 Å². The smallest absolute Gasteiger partial charge is 1.00 e. The standard InChI is InChI=1S/2C18H13S.2C12H16O7S.BrH.Na/c2*1-2-8-14(9-3-1)19-17-12-6-4-10-15(17)16-11-5-7-13-18(16)19;2*13-10(5-20(15,16)17)19-11-7-1-6-2-8(4-7)12(14)18-9(11)3-6;;/h2*1-13H;2*6-9,11H,1-5H2,(H,15,16,17);1H;/q2*+1;;;;+1/p-3. The minimum atomic E-state index is -4.65. The Kier molecular flexibility index (Phi) is 18.8. The predicted octanol–water partition coefficient (Wildman–Crippen LogP) is 5.08. The Morgan fingerprint density at radius 3 is 1.06 bits per heavy atom. The first-order valence-corrected chi connectivity index (χ1v) is 31.8. The van der Waals surface area contributed by atoms with Gasteiger partial charge in [-0.25, -0.2) is 16.8 Å². The van der Waals surface area contributed by atoms with Crippen molar-refractivity contribution in [3.8, 4) is 9.79 Å². The zero-order valence-electron chi connectivity index (χ0n) is 43.6. The Morgan fingerprint density at radius 1 is 0.450 bits per heavy atom. The first-order valence-electron chi connectivity index (χ1n) is 26.2. The van der Waals surface area contributed by atoms with Gasteiger partial charge < -0.3 is 45.0 Å². The fourth-order valence-electron chi connectivity index (χ4n) is 12.9. The molecule has 6 heterocycles. The van der Waals surface area contributed by atoms with Crippen LogP contribution in [0.5, 0.6) is 0 Å². The number of esters is 4. The summed E-state index contributed by atoms with van der Waals surface area (Å²) in [5, 5.41) is 5.58. The Bertz CT molecular complexity index is 3440. The molecular weight excluding hydrogens is 1180 g/mol. The van der Waals surface area contributed by atoms with Gasteiger partial charge in [0.1, 0.15) is 56.2 Å². The largest absolute Gasteiger partial charge is 1.00 e. The maximum absolute atomic E-state index is 11.8. The maximum atomic E-state index is 11.8. The van der Waals surface area contributed by atoms with Gasteiger partial charge in [-0.3, -0.25) is 19.2 Å². The van der Waals surface area contributed by atoms with Crippen LogP contribution in [0.25, 0.3) is 50.1 Å². The molecule has 10 atom stereocenters. The van der Waals surface area contributed by atoms with Crippen molar-refractivity contribution in [3.05, 3.63) is 158 Å². The fourth-order valence-corrected chi connectivity index (χ4v) is 18.4. The van der Waals surface area contributed by atoms with Gasteiger partial charge in [-0.1, -0.05) is 84.9 Å². The summed E-state index contributed by atoms with van der Waals surface area (Å²) in [5.41, 5.74) is 0. The Hall–Kier alpha value is -5.06. The molecule has 8 fully saturated rings. The van der Waals surface area contributed by atoms with E-state index in [9.17, 15) is 45.1 Å². The minimum Gasteiger partial charge on any atom is -1.00 e. The van der Waals surface area contributed by atoms with E-state index < -0.39 is 68.1 Å². The fraction of sp³-hybridized carbons (Fsp3) is 0.333. The average molecular weight is 1230 g/mol. The van der Waals surface area contributed by atoms with E-state index in [1.165, 1.54) is 50.1 Å². The van der Waals surface area contributed by atoms with Crippen molar-refractivity contribution >= 4 is 105 Å². The molecule has 4 aliphatic heterocycles. The zero-order chi connectivity index (χ0) is 54.3. The van der Waals surface area contributed by atoms with Crippen molar-refractivity contribution in [2.45, 2.75) is 75.8 Å². The van der Waals surface area contributed by atoms with Gasteiger partial charge in [0, 0.05) is 54.3 Å². The molecule has 2 aromatic heterocycles. The molecule has 0 radical (unpaired) electrons. The SMILES string of the molecule is O=C(CS(=O)(=O)[O-])OC1C2CC3CC(C2)C(=O)OC1C3.O=C(CS(=O)(=O)[O-])OC1C2CC3CC(C2)C(=O)OC1C3.[Br-].[Na+].c1ccc(-[s+]2c3ccccc3c3ccccc32)cc1.c1ccc(-[s+]2c3ccccc3c3ccccc32)cc1. The molecule has 10 unspecified atom stereocenters. The second kappa shape index (κ2) is 25.2. The number of halogens is 1. The Labute approximate surface area is 502 Å². The molecule has 4 aliphatic carbocycles. The maximum Gasteiger partial charge on any atom is 1.00 e. The van der Waals surface area contributed by atoms with E-state index >= 15 is 0 Å². The molecule has 412 valence electrons. The number of benzene rings is 6. The van der Waals surface area contributed by atoms with Crippen LogP contribution in [-0.4, -0.2) is 85.7 Å². The summed E-state index contributed by atoms with van der Waals surface area (Å²) in [4.78, 5) is 49.4. The summed E-state index contributed by atoms with van der Waals surface area (Å²) in [5.74, 6) is -4.44. The van der Waals surface area contributed by atoms with Crippen LogP contribution in [0.4, 0.5) is 0 Å². The van der Waals surface area contributed by atoms with Crippen molar-refractivity contribution < 1.29 is 111 Å². The Morgan fingerprint density at radius 2 is 0.750 bits per heavy atom. The van der Waals surface area contributed by atoms with Crippen LogP contribution in [0.1, 0.15) is 51.4 Å². The first kappa shape index (κ1) is 59.6. The molecule has 14 nitrogen and oxygen atoms in total. The second-order valence-corrected chi connectivity index (χ2v) is 27.8. The van der Waals surface area contributed by atoms with Crippen LogP contribution < -0.4 is 46.5 Å². The van der Waals surface area contributed by atoms with Crippen molar-refractivity contribution in [3.63, 3.8) is 0 Å². The summed E-state index contributed by atoms with van der Waals surface area (Å²) >= 11 is 0. The summed E-state index contributed by atoms with van der Waals surface area (Å²) in [7, 11) is -9.19. The van der Waals surface area contributed by atoms with Crippen LogP contribution in [-0.2, 0) is 58.4 Å². The molecular formula is C60H56BrNaO14S4. The van der Waals surface area contributed by atoms with Gasteiger partial charge >= 0.3 is 53.4 Å². The number of hydrogen-bond donors (Lipinski definition) is 0. The van der Waals surface area contributed by atoms with Crippen molar-refractivity contribution in [2.75, 3.05) is 11.5 Å². The molecule has 16 rings (SSSR count). The number of fused-ring (bicyclic) bond motifs is 8. The Balaban J connectivity index is 0.000000128. The van der Waals surface area contributed by atoms with Crippen LogP contribution in [0.2, 0.25) is 0 Å². The van der Waals surface area contributed by atoms with E-state index in [0.29, 0.717) is 37.5 Å². The van der Waals surface area contributed by atoms with Crippen LogP contribution in [0.3, 0.4) is 0 Å². The van der Waals surface area contributed by atoms with Crippen molar-refractivity contribution in [1.82, 2.24) is 0 Å².